The van der Waals surface area contributed by atoms with Crippen molar-refractivity contribution >= 4 is 21.4 Å². The molecule has 1 aromatic carbocycles. The van der Waals surface area contributed by atoms with E-state index in [9.17, 15) is 12.8 Å². The summed E-state index contributed by atoms with van der Waals surface area (Å²) in [5, 5.41) is -0.547. The zero-order valence-electron chi connectivity index (χ0n) is 11.2. The van der Waals surface area contributed by atoms with Crippen LogP contribution in [0.4, 0.5) is 15.8 Å². The van der Waals surface area contributed by atoms with Crippen molar-refractivity contribution in [3.8, 4) is 0 Å². The van der Waals surface area contributed by atoms with Crippen molar-refractivity contribution < 1.29 is 12.8 Å². The quantitative estimate of drug-likeness (QED) is 0.925. The zero-order valence-corrected chi connectivity index (χ0v) is 12.0. The van der Waals surface area contributed by atoms with Gasteiger partial charge in [-0.3, -0.25) is 4.72 Å². The van der Waals surface area contributed by atoms with E-state index in [4.69, 9.17) is 0 Å². The molecule has 0 radical (unpaired) electrons. The van der Waals surface area contributed by atoms with Crippen LogP contribution >= 0.6 is 0 Å². The summed E-state index contributed by atoms with van der Waals surface area (Å²) in [6.45, 7) is 4.87. The van der Waals surface area contributed by atoms with Gasteiger partial charge in [0.1, 0.15) is 5.82 Å². The van der Waals surface area contributed by atoms with Gasteiger partial charge in [-0.05, 0) is 38.8 Å². The van der Waals surface area contributed by atoms with Crippen LogP contribution in [0.25, 0.3) is 0 Å². The molecule has 0 amide bonds. The Bertz CT molecular complexity index is 552. The van der Waals surface area contributed by atoms with Gasteiger partial charge in [0.15, 0.2) is 0 Å². The molecule has 1 aliphatic heterocycles. The second kappa shape index (κ2) is 5.36. The molecule has 2 rings (SSSR count). The average molecular weight is 286 g/mol. The molecule has 106 valence electrons. The third kappa shape index (κ3) is 3.18. The molecule has 1 N–H and O–H groups in total. The van der Waals surface area contributed by atoms with Gasteiger partial charge in [0.05, 0.1) is 16.6 Å². The van der Waals surface area contributed by atoms with Crippen molar-refractivity contribution in [3.63, 3.8) is 0 Å². The summed E-state index contributed by atoms with van der Waals surface area (Å²) >= 11 is 0. The van der Waals surface area contributed by atoms with E-state index < -0.39 is 15.3 Å². The minimum absolute atomic E-state index is 0.272. The summed E-state index contributed by atoms with van der Waals surface area (Å²) in [6.07, 6.45) is 2.14. The Morgan fingerprint density at radius 3 is 2.42 bits per heavy atom. The maximum atomic E-state index is 14.0. The molecule has 0 unspecified atom stereocenters. The molecule has 4 nitrogen and oxygen atoms in total. The fourth-order valence-electron chi connectivity index (χ4n) is 2.07. The highest BCUT2D eigenvalue weighted by Crippen LogP contribution is 2.26. The Morgan fingerprint density at radius 1 is 1.26 bits per heavy atom. The van der Waals surface area contributed by atoms with Crippen LogP contribution in [0, 0.1) is 5.82 Å². The third-order valence-corrected chi connectivity index (χ3v) is 5.04. The maximum Gasteiger partial charge on any atom is 0.235 e. The summed E-state index contributed by atoms with van der Waals surface area (Å²) in [5.74, 6) is -0.383. The van der Waals surface area contributed by atoms with Gasteiger partial charge in [-0.15, -0.1) is 0 Å². The molecular weight excluding hydrogens is 267 g/mol. The molecule has 1 aliphatic rings. The van der Waals surface area contributed by atoms with Crippen molar-refractivity contribution in [1.29, 1.82) is 0 Å². The Kier molecular flexibility index (Phi) is 3.99. The summed E-state index contributed by atoms with van der Waals surface area (Å²) in [5.41, 5.74) is 0.819. The van der Waals surface area contributed by atoms with Crippen LogP contribution < -0.4 is 9.62 Å². The number of nitrogens with zero attached hydrogens (tertiary/aromatic N) is 1. The summed E-state index contributed by atoms with van der Waals surface area (Å²) in [4.78, 5) is 1.98. The Balaban J connectivity index is 2.19. The van der Waals surface area contributed by atoms with E-state index in [1.165, 1.54) is 6.07 Å². The first kappa shape index (κ1) is 14.1. The molecule has 0 atom stereocenters. The second-order valence-corrected chi connectivity index (χ2v) is 7.29. The molecule has 0 spiro atoms. The van der Waals surface area contributed by atoms with Gasteiger partial charge < -0.3 is 4.90 Å². The highest BCUT2D eigenvalue weighted by Gasteiger charge is 2.19. The number of benzene rings is 1. The van der Waals surface area contributed by atoms with Gasteiger partial charge >= 0.3 is 0 Å². The van der Waals surface area contributed by atoms with E-state index in [-0.39, 0.29) is 11.5 Å². The SMILES string of the molecule is CC(C)S(=O)(=O)Nc1ccc(N2CCCC2)c(F)c1. The number of hydrogen-bond acceptors (Lipinski definition) is 3. The monoisotopic (exact) mass is 286 g/mol. The number of halogens is 1. The fraction of sp³-hybridized carbons (Fsp3) is 0.538. The molecule has 1 fully saturated rings. The Morgan fingerprint density at radius 2 is 1.89 bits per heavy atom. The average Bonchev–Trinajstić information content (AvgIpc) is 2.81. The molecular formula is C13H19FN2O2S. The van der Waals surface area contributed by atoms with E-state index in [1.54, 1.807) is 26.0 Å². The molecule has 1 aromatic rings. The summed E-state index contributed by atoms with van der Waals surface area (Å²) < 4.78 is 39.8. The fourth-order valence-corrected chi connectivity index (χ4v) is 2.76. The highest BCUT2D eigenvalue weighted by molar-refractivity contribution is 7.93. The van der Waals surface area contributed by atoms with Gasteiger partial charge in [-0.2, -0.15) is 0 Å². The van der Waals surface area contributed by atoms with Crippen LogP contribution in [0.5, 0.6) is 0 Å². The van der Waals surface area contributed by atoms with Gasteiger partial charge in [0, 0.05) is 19.2 Å². The van der Waals surface area contributed by atoms with E-state index in [2.05, 4.69) is 4.72 Å². The first-order valence-electron chi connectivity index (χ1n) is 6.46. The Labute approximate surface area is 113 Å². The van der Waals surface area contributed by atoms with Crippen molar-refractivity contribution in [1.82, 2.24) is 0 Å². The lowest BCUT2D eigenvalue weighted by molar-refractivity contribution is 0.592. The van der Waals surface area contributed by atoms with Crippen LogP contribution in [0.15, 0.2) is 18.2 Å². The second-order valence-electron chi connectivity index (χ2n) is 5.06. The standard InChI is InChI=1S/C13H19FN2O2S/c1-10(2)19(17,18)15-11-5-6-13(12(14)9-11)16-7-3-4-8-16/h5-6,9-10,15H,3-4,7-8H2,1-2H3. The Hall–Kier alpha value is -1.30. The molecule has 0 aromatic heterocycles. The van der Waals surface area contributed by atoms with E-state index in [1.807, 2.05) is 4.90 Å². The maximum absolute atomic E-state index is 14.0. The van der Waals surface area contributed by atoms with Gasteiger partial charge in [-0.1, -0.05) is 0 Å². The normalized spacial score (nSPS) is 16.1. The number of rotatable bonds is 4. The van der Waals surface area contributed by atoms with Crippen molar-refractivity contribution in [2.24, 2.45) is 0 Å². The third-order valence-electron chi connectivity index (χ3n) is 3.28. The van der Waals surface area contributed by atoms with Crippen molar-refractivity contribution in [2.45, 2.75) is 31.9 Å². The first-order chi connectivity index (χ1) is 8.90. The zero-order chi connectivity index (χ0) is 14.0. The molecule has 0 saturated carbocycles. The predicted octanol–water partition coefficient (Wildman–Crippen LogP) is 2.58. The van der Waals surface area contributed by atoms with E-state index in [0.717, 1.165) is 25.9 Å². The van der Waals surface area contributed by atoms with Crippen LogP contribution in [0.2, 0.25) is 0 Å². The number of hydrogen-bond donors (Lipinski definition) is 1. The lowest BCUT2D eigenvalue weighted by Gasteiger charge is -2.19. The lowest BCUT2D eigenvalue weighted by atomic mass is 10.2. The predicted molar refractivity (Wildman–Crippen MR) is 75.5 cm³/mol. The number of sulfonamides is 1. The highest BCUT2D eigenvalue weighted by atomic mass is 32.2. The number of anilines is 2. The van der Waals surface area contributed by atoms with Gasteiger partial charge in [0.2, 0.25) is 10.0 Å². The smallest absolute Gasteiger partial charge is 0.235 e. The van der Waals surface area contributed by atoms with Gasteiger partial charge in [-0.25, -0.2) is 12.8 Å². The summed E-state index contributed by atoms with van der Waals surface area (Å²) in [6, 6.07) is 4.49. The first-order valence-corrected chi connectivity index (χ1v) is 8.01. The van der Waals surface area contributed by atoms with Crippen LogP contribution in [-0.4, -0.2) is 26.8 Å². The van der Waals surface area contributed by atoms with Gasteiger partial charge in [0.25, 0.3) is 0 Å². The van der Waals surface area contributed by atoms with Crippen molar-refractivity contribution in [3.05, 3.63) is 24.0 Å². The largest absolute Gasteiger partial charge is 0.369 e. The van der Waals surface area contributed by atoms with Crippen LogP contribution in [-0.2, 0) is 10.0 Å². The molecule has 1 saturated heterocycles. The number of nitrogens with one attached hydrogen (secondary N) is 1. The molecule has 1 heterocycles. The van der Waals surface area contributed by atoms with Crippen LogP contribution in [0.3, 0.4) is 0 Å². The lowest BCUT2D eigenvalue weighted by Crippen LogP contribution is -2.23. The topological polar surface area (TPSA) is 49.4 Å². The molecule has 0 aliphatic carbocycles. The molecule has 0 bridgehead atoms. The van der Waals surface area contributed by atoms with Crippen molar-refractivity contribution in [2.75, 3.05) is 22.7 Å². The minimum atomic E-state index is -3.43. The molecule has 6 heteroatoms. The minimum Gasteiger partial charge on any atom is -0.369 e. The van der Waals surface area contributed by atoms with Crippen LogP contribution in [0.1, 0.15) is 26.7 Å². The van der Waals surface area contributed by atoms with E-state index in [0.29, 0.717) is 5.69 Å². The summed E-state index contributed by atoms with van der Waals surface area (Å²) in [7, 11) is -3.43. The van der Waals surface area contributed by atoms with E-state index >= 15 is 0 Å². The molecule has 19 heavy (non-hydrogen) atoms.